The number of benzene rings is 1. The number of nitrogens with zero attached hydrogens (tertiary/aromatic N) is 2. The molecule has 1 heterocycles. The highest BCUT2D eigenvalue weighted by Gasteiger charge is 2.25. The predicted octanol–water partition coefficient (Wildman–Crippen LogP) is 0.861. The molecule has 0 aliphatic carbocycles. The summed E-state index contributed by atoms with van der Waals surface area (Å²) in [6.07, 6.45) is 0.779. The first-order valence-corrected chi connectivity index (χ1v) is 9.04. The molecule has 1 amide bonds. The Labute approximate surface area is 158 Å². The molecule has 1 unspecified atom stereocenters. The molecule has 3 N–H and O–H groups in total. The Morgan fingerprint density at radius 3 is 2.89 bits per heavy atom. The van der Waals surface area contributed by atoms with Crippen LogP contribution in [0.5, 0.6) is 0 Å². The molecule has 2 rings (SSSR count). The summed E-state index contributed by atoms with van der Waals surface area (Å²) in [4.78, 5) is 17.9. The summed E-state index contributed by atoms with van der Waals surface area (Å²) in [5, 5.41) is 9.07. The first kappa shape index (κ1) is 20.9. The van der Waals surface area contributed by atoms with Gasteiger partial charge in [0.2, 0.25) is 5.91 Å². The maximum absolute atomic E-state index is 14.0. The average Bonchev–Trinajstić information content (AvgIpc) is 3.08. The van der Waals surface area contributed by atoms with Crippen LogP contribution in [-0.4, -0.2) is 64.3 Å². The molecule has 0 saturated carbocycles. The van der Waals surface area contributed by atoms with E-state index in [4.69, 9.17) is 4.74 Å². The molecule has 0 bridgehead atoms. The van der Waals surface area contributed by atoms with Gasteiger partial charge in [0, 0.05) is 45.4 Å². The van der Waals surface area contributed by atoms with Crippen molar-refractivity contribution < 1.29 is 18.3 Å². The molecule has 1 atom stereocenters. The van der Waals surface area contributed by atoms with Crippen molar-refractivity contribution >= 4 is 17.6 Å². The van der Waals surface area contributed by atoms with E-state index >= 15 is 0 Å². The first-order valence-electron chi connectivity index (χ1n) is 9.04. The molecule has 1 fully saturated rings. The Balaban J connectivity index is 1.89. The standard InChI is InChI=1S/C18H27F2N5O2/c1-3-21-18(23-11-17(26)22-7-9-27-2)24-14-6-8-25(12-14)16-5-4-13(19)10-15(16)20/h4-5,10,14H,3,6-9,11-12H2,1-2H3,(H,22,26)(H2,21,23,24). The summed E-state index contributed by atoms with van der Waals surface area (Å²) in [7, 11) is 1.57. The molecular formula is C18H27F2N5O2. The summed E-state index contributed by atoms with van der Waals surface area (Å²) in [6.45, 7) is 4.69. The zero-order valence-electron chi connectivity index (χ0n) is 15.7. The minimum absolute atomic E-state index is 0.00206. The molecule has 1 aliphatic rings. The summed E-state index contributed by atoms with van der Waals surface area (Å²) >= 11 is 0. The molecule has 7 nitrogen and oxygen atoms in total. The number of carbonyl (C=O) groups is 1. The number of aliphatic imine (C=N–C) groups is 1. The smallest absolute Gasteiger partial charge is 0.241 e. The third-order valence-corrected chi connectivity index (χ3v) is 4.13. The average molecular weight is 383 g/mol. The van der Waals surface area contributed by atoms with Crippen LogP contribution in [0.3, 0.4) is 0 Å². The fourth-order valence-electron chi connectivity index (χ4n) is 2.85. The molecule has 0 aromatic heterocycles. The Morgan fingerprint density at radius 1 is 1.37 bits per heavy atom. The van der Waals surface area contributed by atoms with Crippen LogP contribution in [0.4, 0.5) is 14.5 Å². The lowest BCUT2D eigenvalue weighted by Gasteiger charge is -2.21. The van der Waals surface area contributed by atoms with Crippen LogP contribution in [-0.2, 0) is 9.53 Å². The normalized spacial score (nSPS) is 17.1. The van der Waals surface area contributed by atoms with Crippen LogP contribution < -0.4 is 20.9 Å². The number of anilines is 1. The van der Waals surface area contributed by atoms with Crippen molar-refractivity contribution in [2.24, 2.45) is 4.99 Å². The monoisotopic (exact) mass is 383 g/mol. The number of hydrogen-bond donors (Lipinski definition) is 3. The number of halogens is 2. The first-order chi connectivity index (χ1) is 13.0. The SMILES string of the molecule is CCNC(=NCC(=O)NCCOC)NC1CCN(c2ccc(F)cc2F)C1. The van der Waals surface area contributed by atoms with Gasteiger partial charge in [-0.25, -0.2) is 13.8 Å². The van der Waals surface area contributed by atoms with Crippen LogP contribution in [0, 0.1) is 11.6 Å². The molecular weight excluding hydrogens is 356 g/mol. The zero-order valence-corrected chi connectivity index (χ0v) is 15.7. The van der Waals surface area contributed by atoms with Crippen LogP contribution in [0.2, 0.25) is 0 Å². The van der Waals surface area contributed by atoms with Crippen LogP contribution >= 0.6 is 0 Å². The molecule has 27 heavy (non-hydrogen) atoms. The van der Waals surface area contributed by atoms with E-state index in [2.05, 4.69) is 20.9 Å². The van der Waals surface area contributed by atoms with Crippen molar-refractivity contribution in [3.63, 3.8) is 0 Å². The van der Waals surface area contributed by atoms with Gasteiger partial charge in [-0.2, -0.15) is 0 Å². The van der Waals surface area contributed by atoms with Crippen LogP contribution in [0.1, 0.15) is 13.3 Å². The molecule has 1 aromatic carbocycles. The predicted molar refractivity (Wildman–Crippen MR) is 101 cm³/mol. The third-order valence-electron chi connectivity index (χ3n) is 4.13. The van der Waals surface area contributed by atoms with E-state index in [1.54, 1.807) is 7.11 Å². The largest absolute Gasteiger partial charge is 0.383 e. The minimum atomic E-state index is -0.588. The van der Waals surface area contributed by atoms with Gasteiger partial charge in [0.05, 0.1) is 12.3 Å². The number of amides is 1. The fraction of sp³-hybridized carbons (Fsp3) is 0.556. The van der Waals surface area contributed by atoms with Crippen molar-refractivity contribution in [1.82, 2.24) is 16.0 Å². The second-order valence-electron chi connectivity index (χ2n) is 6.21. The highest BCUT2D eigenvalue weighted by atomic mass is 19.1. The number of hydrogen-bond acceptors (Lipinski definition) is 4. The lowest BCUT2D eigenvalue weighted by atomic mass is 10.2. The van der Waals surface area contributed by atoms with Crippen LogP contribution in [0.15, 0.2) is 23.2 Å². The van der Waals surface area contributed by atoms with E-state index in [1.165, 1.54) is 12.1 Å². The van der Waals surface area contributed by atoms with Gasteiger partial charge < -0.3 is 25.6 Å². The Hall–Kier alpha value is -2.42. The third kappa shape index (κ3) is 6.67. The topological polar surface area (TPSA) is 78.0 Å². The van der Waals surface area contributed by atoms with Gasteiger partial charge in [0.1, 0.15) is 18.2 Å². The maximum Gasteiger partial charge on any atom is 0.241 e. The molecule has 150 valence electrons. The van der Waals surface area contributed by atoms with Gasteiger partial charge in [-0.3, -0.25) is 4.79 Å². The van der Waals surface area contributed by atoms with E-state index < -0.39 is 11.6 Å². The van der Waals surface area contributed by atoms with Gasteiger partial charge in [-0.15, -0.1) is 0 Å². The summed E-state index contributed by atoms with van der Waals surface area (Å²) in [5.41, 5.74) is 0.389. The van der Waals surface area contributed by atoms with E-state index in [0.29, 0.717) is 44.4 Å². The Kier molecular flexibility index (Phi) is 8.25. The zero-order chi connectivity index (χ0) is 19.6. The van der Waals surface area contributed by atoms with E-state index in [0.717, 1.165) is 12.5 Å². The highest BCUT2D eigenvalue weighted by molar-refractivity contribution is 5.85. The van der Waals surface area contributed by atoms with Crippen molar-refractivity contribution in [2.45, 2.75) is 19.4 Å². The van der Waals surface area contributed by atoms with Crippen molar-refractivity contribution in [3.8, 4) is 0 Å². The second-order valence-corrected chi connectivity index (χ2v) is 6.21. The molecule has 0 spiro atoms. The number of rotatable bonds is 8. The lowest BCUT2D eigenvalue weighted by molar-refractivity contribution is -0.119. The molecule has 9 heteroatoms. The summed E-state index contributed by atoms with van der Waals surface area (Å²) in [6, 6.07) is 3.65. The second kappa shape index (κ2) is 10.7. The molecule has 0 radical (unpaired) electrons. The summed E-state index contributed by atoms with van der Waals surface area (Å²) < 4.78 is 31.9. The van der Waals surface area contributed by atoms with E-state index in [-0.39, 0.29) is 18.5 Å². The Bertz CT molecular complexity index is 657. The highest BCUT2D eigenvalue weighted by Crippen LogP contribution is 2.24. The number of ether oxygens (including phenoxy) is 1. The van der Waals surface area contributed by atoms with Gasteiger partial charge in [-0.05, 0) is 25.5 Å². The number of nitrogens with one attached hydrogen (secondary N) is 3. The van der Waals surface area contributed by atoms with Gasteiger partial charge >= 0.3 is 0 Å². The number of carbonyl (C=O) groups excluding carboxylic acids is 1. The van der Waals surface area contributed by atoms with Gasteiger partial charge in [0.15, 0.2) is 5.96 Å². The maximum atomic E-state index is 14.0. The van der Waals surface area contributed by atoms with Gasteiger partial charge in [0.25, 0.3) is 0 Å². The van der Waals surface area contributed by atoms with Crippen molar-refractivity contribution in [1.29, 1.82) is 0 Å². The van der Waals surface area contributed by atoms with Gasteiger partial charge in [-0.1, -0.05) is 0 Å². The molecule has 1 saturated heterocycles. The number of methoxy groups -OCH3 is 1. The molecule has 1 aromatic rings. The van der Waals surface area contributed by atoms with Crippen molar-refractivity contribution in [2.75, 3.05) is 51.3 Å². The van der Waals surface area contributed by atoms with E-state index in [9.17, 15) is 13.6 Å². The quantitative estimate of drug-likeness (QED) is 0.353. The lowest BCUT2D eigenvalue weighted by Crippen LogP contribution is -2.45. The minimum Gasteiger partial charge on any atom is -0.383 e. The summed E-state index contributed by atoms with van der Waals surface area (Å²) in [5.74, 6) is -0.809. The van der Waals surface area contributed by atoms with E-state index in [1.807, 2.05) is 11.8 Å². The fourth-order valence-corrected chi connectivity index (χ4v) is 2.85. The van der Waals surface area contributed by atoms with Crippen molar-refractivity contribution in [3.05, 3.63) is 29.8 Å². The number of guanidine groups is 1. The van der Waals surface area contributed by atoms with Crippen LogP contribution in [0.25, 0.3) is 0 Å². The Morgan fingerprint density at radius 2 is 2.19 bits per heavy atom. The molecule has 1 aliphatic heterocycles.